The summed E-state index contributed by atoms with van der Waals surface area (Å²) in [4.78, 5) is 25.1. The molecule has 0 radical (unpaired) electrons. The second-order valence-corrected chi connectivity index (χ2v) is 7.27. The van der Waals surface area contributed by atoms with Gasteiger partial charge in [0.05, 0.1) is 6.04 Å². The van der Waals surface area contributed by atoms with Gasteiger partial charge < -0.3 is 20.0 Å². The third-order valence-corrected chi connectivity index (χ3v) is 4.16. The molecular weight excluding hydrogens is 294 g/mol. The van der Waals surface area contributed by atoms with Crippen LogP contribution in [0.2, 0.25) is 0 Å². The number of carbonyl (C=O) groups excluding carboxylic acids is 2. The monoisotopic (exact) mass is 321 g/mol. The van der Waals surface area contributed by atoms with Gasteiger partial charge in [0.15, 0.2) is 0 Å². The van der Waals surface area contributed by atoms with Crippen LogP contribution in [0.15, 0.2) is 10.5 Å². The number of amides is 3. The molecule has 1 aromatic rings. The molecule has 2 rings (SSSR count). The Morgan fingerprint density at radius 3 is 2.74 bits per heavy atom. The van der Waals surface area contributed by atoms with Crippen molar-refractivity contribution in [1.82, 2.24) is 15.5 Å². The van der Waals surface area contributed by atoms with Gasteiger partial charge in [0, 0.05) is 39.0 Å². The van der Waals surface area contributed by atoms with Gasteiger partial charge in [-0.1, -0.05) is 13.8 Å². The first-order chi connectivity index (χ1) is 10.7. The fourth-order valence-electron chi connectivity index (χ4n) is 3.03. The van der Waals surface area contributed by atoms with E-state index in [1.807, 2.05) is 13.0 Å². The highest BCUT2D eigenvalue weighted by molar-refractivity contribution is 5.78. The average molecular weight is 321 g/mol. The summed E-state index contributed by atoms with van der Waals surface area (Å²) < 4.78 is 5.77. The van der Waals surface area contributed by atoms with Gasteiger partial charge in [0.25, 0.3) is 0 Å². The predicted molar refractivity (Wildman–Crippen MR) is 88.1 cm³/mol. The standard InChI is InChI=1S/C17H27N3O3/c1-11-8-12-13(9-17(2,3)10-14(12)23-11)19-16(22)18-7-6-15(21)20(4)5/h8,13H,6-7,9-10H2,1-5H3,(H2,18,19,22). The number of aryl methyl sites for hydroxylation is 1. The van der Waals surface area contributed by atoms with E-state index in [-0.39, 0.29) is 23.4 Å². The van der Waals surface area contributed by atoms with E-state index in [0.29, 0.717) is 13.0 Å². The minimum Gasteiger partial charge on any atom is -0.466 e. The number of hydrogen-bond acceptors (Lipinski definition) is 3. The molecule has 0 bridgehead atoms. The molecule has 128 valence electrons. The van der Waals surface area contributed by atoms with Crippen LogP contribution in [0.3, 0.4) is 0 Å². The van der Waals surface area contributed by atoms with Crippen molar-refractivity contribution in [3.63, 3.8) is 0 Å². The maximum atomic E-state index is 12.1. The molecule has 1 atom stereocenters. The van der Waals surface area contributed by atoms with Crippen molar-refractivity contribution in [3.8, 4) is 0 Å². The van der Waals surface area contributed by atoms with E-state index >= 15 is 0 Å². The molecular formula is C17H27N3O3. The number of nitrogens with zero attached hydrogens (tertiary/aromatic N) is 1. The maximum Gasteiger partial charge on any atom is 0.315 e. The number of hydrogen-bond donors (Lipinski definition) is 2. The second kappa shape index (κ2) is 6.64. The molecule has 0 aliphatic heterocycles. The molecule has 2 N–H and O–H groups in total. The smallest absolute Gasteiger partial charge is 0.315 e. The lowest BCUT2D eigenvalue weighted by Gasteiger charge is -2.34. The minimum absolute atomic E-state index is 0.00292. The Morgan fingerprint density at radius 1 is 1.39 bits per heavy atom. The Labute approximate surface area is 137 Å². The van der Waals surface area contributed by atoms with E-state index in [9.17, 15) is 9.59 Å². The van der Waals surface area contributed by atoms with Crippen LogP contribution in [-0.2, 0) is 11.2 Å². The normalized spacial score (nSPS) is 18.9. The van der Waals surface area contributed by atoms with Crippen LogP contribution in [0.4, 0.5) is 4.79 Å². The van der Waals surface area contributed by atoms with E-state index in [0.717, 1.165) is 29.9 Å². The van der Waals surface area contributed by atoms with Gasteiger partial charge in [-0.15, -0.1) is 0 Å². The van der Waals surface area contributed by atoms with Crippen LogP contribution in [-0.4, -0.2) is 37.5 Å². The van der Waals surface area contributed by atoms with Crippen molar-refractivity contribution >= 4 is 11.9 Å². The molecule has 1 aromatic heterocycles. The van der Waals surface area contributed by atoms with E-state index in [1.165, 1.54) is 4.90 Å². The molecule has 0 saturated carbocycles. The number of nitrogens with one attached hydrogen (secondary N) is 2. The van der Waals surface area contributed by atoms with E-state index in [4.69, 9.17) is 4.42 Å². The Kier molecular flexibility index (Phi) is 5.02. The number of urea groups is 1. The van der Waals surface area contributed by atoms with E-state index in [2.05, 4.69) is 24.5 Å². The molecule has 0 saturated heterocycles. The van der Waals surface area contributed by atoms with Crippen molar-refractivity contribution in [2.75, 3.05) is 20.6 Å². The summed E-state index contributed by atoms with van der Waals surface area (Å²) in [5.41, 5.74) is 1.15. The summed E-state index contributed by atoms with van der Waals surface area (Å²) in [5, 5.41) is 5.76. The van der Waals surface area contributed by atoms with Crippen molar-refractivity contribution in [3.05, 3.63) is 23.2 Å². The number of furan rings is 1. The molecule has 0 aromatic carbocycles. The van der Waals surface area contributed by atoms with Gasteiger partial charge in [-0.2, -0.15) is 0 Å². The third-order valence-electron chi connectivity index (χ3n) is 4.16. The lowest BCUT2D eigenvalue weighted by atomic mass is 9.75. The lowest BCUT2D eigenvalue weighted by Crippen LogP contribution is -2.42. The van der Waals surface area contributed by atoms with Crippen molar-refractivity contribution in [2.24, 2.45) is 5.41 Å². The third kappa shape index (κ3) is 4.50. The molecule has 1 aliphatic rings. The minimum atomic E-state index is -0.246. The SMILES string of the molecule is Cc1cc2c(o1)CC(C)(C)CC2NC(=O)NCCC(=O)N(C)C. The van der Waals surface area contributed by atoms with Crippen molar-refractivity contribution in [1.29, 1.82) is 0 Å². The zero-order chi connectivity index (χ0) is 17.2. The lowest BCUT2D eigenvalue weighted by molar-refractivity contribution is -0.128. The largest absolute Gasteiger partial charge is 0.466 e. The van der Waals surface area contributed by atoms with Gasteiger partial charge in [-0.25, -0.2) is 4.79 Å². The zero-order valence-corrected chi connectivity index (χ0v) is 14.7. The van der Waals surface area contributed by atoms with Gasteiger partial charge in [-0.05, 0) is 24.8 Å². The summed E-state index contributed by atoms with van der Waals surface area (Å²) in [6, 6.07) is 1.70. The number of rotatable bonds is 4. The number of carbonyl (C=O) groups is 2. The van der Waals surface area contributed by atoms with Crippen molar-refractivity contribution in [2.45, 2.75) is 46.1 Å². The van der Waals surface area contributed by atoms with E-state index in [1.54, 1.807) is 14.1 Å². The Balaban J connectivity index is 1.94. The fourth-order valence-corrected chi connectivity index (χ4v) is 3.03. The highest BCUT2D eigenvalue weighted by Gasteiger charge is 2.35. The Morgan fingerprint density at radius 2 is 2.09 bits per heavy atom. The van der Waals surface area contributed by atoms with Gasteiger partial charge in [-0.3, -0.25) is 4.79 Å². The first kappa shape index (κ1) is 17.4. The second-order valence-electron chi connectivity index (χ2n) is 7.27. The topological polar surface area (TPSA) is 74.6 Å². The van der Waals surface area contributed by atoms with Crippen LogP contribution in [0.5, 0.6) is 0 Å². The molecule has 6 nitrogen and oxygen atoms in total. The highest BCUT2D eigenvalue weighted by atomic mass is 16.3. The molecule has 3 amide bonds. The molecule has 1 heterocycles. The van der Waals surface area contributed by atoms with Crippen LogP contribution in [0, 0.1) is 12.3 Å². The van der Waals surface area contributed by atoms with E-state index < -0.39 is 0 Å². The summed E-state index contributed by atoms with van der Waals surface area (Å²) >= 11 is 0. The maximum absolute atomic E-state index is 12.1. The Bertz CT molecular complexity index is 590. The number of fused-ring (bicyclic) bond motifs is 1. The van der Waals surface area contributed by atoms with Gasteiger partial charge in [0.1, 0.15) is 11.5 Å². The predicted octanol–water partition coefficient (Wildman–Crippen LogP) is 2.38. The molecule has 0 spiro atoms. The summed E-state index contributed by atoms with van der Waals surface area (Å²) in [7, 11) is 3.41. The highest BCUT2D eigenvalue weighted by Crippen LogP contribution is 2.41. The van der Waals surface area contributed by atoms with Gasteiger partial charge >= 0.3 is 6.03 Å². The first-order valence-corrected chi connectivity index (χ1v) is 8.02. The van der Waals surface area contributed by atoms with Crippen LogP contribution in [0.1, 0.15) is 49.8 Å². The van der Waals surface area contributed by atoms with Crippen LogP contribution in [0.25, 0.3) is 0 Å². The fraction of sp³-hybridized carbons (Fsp3) is 0.647. The average Bonchev–Trinajstić information content (AvgIpc) is 2.77. The summed E-state index contributed by atoms with van der Waals surface area (Å²) in [6.45, 7) is 6.61. The molecule has 6 heteroatoms. The van der Waals surface area contributed by atoms with Crippen LogP contribution < -0.4 is 10.6 Å². The van der Waals surface area contributed by atoms with Crippen LogP contribution >= 0.6 is 0 Å². The van der Waals surface area contributed by atoms with Crippen molar-refractivity contribution < 1.29 is 14.0 Å². The summed E-state index contributed by atoms with van der Waals surface area (Å²) in [5.74, 6) is 1.83. The van der Waals surface area contributed by atoms with Gasteiger partial charge in [0.2, 0.25) is 5.91 Å². The molecule has 23 heavy (non-hydrogen) atoms. The zero-order valence-electron chi connectivity index (χ0n) is 14.7. The molecule has 0 fully saturated rings. The first-order valence-electron chi connectivity index (χ1n) is 8.02. The summed E-state index contributed by atoms with van der Waals surface area (Å²) in [6.07, 6.45) is 2.04. The quantitative estimate of drug-likeness (QED) is 0.894. The molecule has 1 aliphatic carbocycles. The Hall–Kier alpha value is -1.98. The molecule has 1 unspecified atom stereocenters.